The van der Waals surface area contributed by atoms with Crippen LogP contribution in [0.2, 0.25) is 10.0 Å². The van der Waals surface area contributed by atoms with Gasteiger partial charge in [0.15, 0.2) is 0 Å². The topological polar surface area (TPSA) is 38.0 Å². The number of aliphatic hydroxyl groups is 1. The predicted molar refractivity (Wildman–Crippen MR) is 84.9 cm³/mol. The Labute approximate surface area is 136 Å². The van der Waals surface area contributed by atoms with E-state index in [4.69, 9.17) is 23.2 Å². The van der Waals surface area contributed by atoms with Crippen molar-refractivity contribution in [3.05, 3.63) is 70.1 Å². The Morgan fingerprint density at radius 3 is 2.45 bits per heavy atom. The summed E-state index contributed by atoms with van der Waals surface area (Å²) in [6.07, 6.45) is 1.69. The maximum Gasteiger partial charge on any atom is 0.141 e. The minimum Gasteiger partial charge on any atom is -0.392 e. The third-order valence-electron chi connectivity index (χ3n) is 3.25. The summed E-state index contributed by atoms with van der Waals surface area (Å²) < 4.78 is 14.8. The number of nitrogens with zero attached hydrogens (tertiary/aromatic N) is 2. The highest BCUT2D eigenvalue weighted by molar-refractivity contribution is 6.31. The third-order valence-corrected chi connectivity index (χ3v) is 3.79. The molecule has 0 aliphatic heterocycles. The lowest BCUT2D eigenvalue weighted by Gasteiger charge is -2.02. The van der Waals surface area contributed by atoms with Crippen molar-refractivity contribution >= 4 is 23.2 Å². The molecule has 1 N–H and O–H groups in total. The van der Waals surface area contributed by atoms with E-state index in [1.54, 1.807) is 29.1 Å². The minimum atomic E-state index is -0.488. The van der Waals surface area contributed by atoms with Gasteiger partial charge in [0.1, 0.15) is 5.82 Å². The fourth-order valence-corrected chi connectivity index (χ4v) is 2.44. The molecule has 0 bridgehead atoms. The smallest absolute Gasteiger partial charge is 0.141 e. The monoisotopic (exact) mass is 336 g/mol. The minimum absolute atomic E-state index is 0.0200. The molecule has 3 aromatic rings. The van der Waals surface area contributed by atoms with Crippen LogP contribution in [-0.4, -0.2) is 14.9 Å². The van der Waals surface area contributed by atoms with Crippen LogP contribution < -0.4 is 0 Å². The standard InChI is InChI=1S/C16H11Cl2FN2O/c17-12-3-1-10(2-4-12)16-11(9-22)8-21(20-16)13-5-6-15(19)14(18)7-13/h1-8,22H,9H2. The molecule has 1 aromatic heterocycles. The number of halogens is 3. The molecule has 22 heavy (non-hydrogen) atoms. The van der Waals surface area contributed by atoms with Gasteiger partial charge in [0.25, 0.3) is 0 Å². The summed E-state index contributed by atoms with van der Waals surface area (Å²) in [7, 11) is 0. The summed E-state index contributed by atoms with van der Waals surface area (Å²) in [6, 6.07) is 11.5. The molecule has 0 radical (unpaired) electrons. The lowest BCUT2D eigenvalue weighted by Crippen LogP contribution is -1.95. The molecule has 0 atom stereocenters. The number of aromatic nitrogens is 2. The fourth-order valence-electron chi connectivity index (χ4n) is 2.14. The Kier molecular flexibility index (Phi) is 4.16. The number of hydrogen-bond donors (Lipinski definition) is 1. The van der Waals surface area contributed by atoms with Gasteiger partial charge in [-0.3, -0.25) is 0 Å². The van der Waals surface area contributed by atoms with E-state index in [0.29, 0.717) is 22.0 Å². The van der Waals surface area contributed by atoms with Crippen molar-refractivity contribution in [1.82, 2.24) is 9.78 Å². The second kappa shape index (κ2) is 6.08. The van der Waals surface area contributed by atoms with Crippen LogP contribution in [-0.2, 0) is 6.61 Å². The lowest BCUT2D eigenvalue weighted by molar-refractivity contribution is 0.282. The van der Waals surface area contributed by atoms with Crippen LogP contribution in [0.25, 0.3) is 16.9 Å². The Morgan fingerprint density at radius 1 is 1.09 bits per heavy atom. The average molecular weight is 337 g/mol. The summed E-state index contributed by atoms with van der Waals surface area (Å²) in [4.78, 5) is 0. The normalized spacial score (nSPS) is 10.9. The van der Waals surface area contributed by atoms with Crippen molar-refractivity contribution in [1.29, 1.82) is 0 Å². The largest absolute Gasteiger partial charge is 0.392 e. The van der Waals surface area contributed by atoms with Gasteiger partial charge in [0, 0.05) is 22.3 Å². The van der Waals surface area contributed by atoms with Gasteiger partial charge in [-0.1, -0.05) is 35.3 Å². The molecule has 3 rings (SSSR count). The molecule has 0 aliphatic rings. The number of rotatable bonds is 3. The summed E-state index contributed by atoms with van der Waals surface area (Å²) in [6.45, 7) is -0.160. The molecule has 0 saturated carbocycles. The molecule has 3 nitrogen and oxygen atoms in total. The molecule has 0 spiro atoms. The second-order valence-electron chi connectivity index (χ2n) is 4.71. The first-order valence-electron chi connectivity index (χ1n) is 6.49. The Hall–Kier alpha value is -1.88. The van der Waals surface area contributed by atoms with Crippen LogP contribution in [0.1, 0.15) is 5.56 Å². The zero-order valence-electron chi connectivity index (χ0n) is 11.3. The van der Waals surface area contributed by atoms with E-state index in [9.17, 15) is 9.50 Å². The Balaban J connectivity index is 2.07. The molecule has 2 aromatic carbocycles. The predicted octanol–water partition coefficient (Wildman–Crippen LogP) is 4.48. The molecule has 0 fully saturated rings. The van der Waals surface area contributed by atoms with E-state index in [1.165, 1.54) is 12.1 Å². The summed E-state index contributed by atoms with van der Waals surface area (Å²) in [5, 5.41) is 14.6. The van der Waals surface area contributed by atoms with Crippen molar-refractivity contribution in [2.24, 2.45) is 0 Å². The second-order valence-corrected chi connectivity index (χ2v) is 5.55. The molecule has 0 unspecified atom stereocenters. The van der Waals surface area contributed by atoms with Gasteiger partial charge >= 0.3 is 0 Å². The van der Waals surface area contributed by atoms with Crippen LogP contribution in [0.4, 0.5) is 4.39 Å². The van der Waals surface area contributed by atoms with Gasteiger partial charge < -0.3 is 5.11 Å². The fraction of sp³-hybridized carbons (Fsp3) is 0.0625. The maximum atomic E-state index is 13.3. The highest BCUT2D eigenvalue weighted by atomic mass is 35.5. The van der Waals surface area contributed by atoms with Crippen LogP contribution in [0.15, 0.2) is 48.7 Å². The van der Waals surface area contributed by atoms with Gasteiger partial charge in [0.2, 0.25) is 0 Å². The van der Waals surface area contributed by atoms with Gasteiger partial charge in [-0.2, -0.15) is 5.10 Å². The van der Waals surface area contributed by atoms with Crippen LogP contribution in [0.5, 0.6) is 0 Å². The molecule has 0 saturated heterocycles. The SMILES string of the molecule is OCc1cn(-c2ccc(F)c(Cl)c2)nc1-c1ccc(Cl)cc1. The maximum absolute atomic E-state index is 13.3. The van der Waals surface area contributed by atoms with E-state index in [-0.39, 0.29) is 11.6 Å². The van der Waals surface area contributed by atoms with Crippen molar-refractivity contribution in [2.75, 3.05) is 0 Å². The lowest BCUT2D eigenvalue weighted by atomic mass is 10.1. The summed E-state index contributed by atoms with van der Waals surface area (Å²) >= 11 is 11.7. The average Bonchev–Trinajstić information content (AvgIpc) is 2.95. The molecule has 1 heterocycles. The highest BCUT2D eigenvalue weighted by Gasteiger charge is 2.12. The first kappa shape index (κ1) is 15.0. The van der Waals surface area contributed by atoms with Gasteiger partial charge in [-0.15, -0.1) is 0 Å². The zero-order chi connectivity index (χ0) is 15.7. The Morgan fingerprint density at radius 2 is 1.82 bits per heavy atom. The van der Waals surface area contributed by atoms with E-state index in [1.807, 2.05) is 12.1 Å². The van der Waals surface area contributed by atoms with E-state index >= 15 is 0 Å². The summed E-state index contributed by atoms with van der Waals surface area (Å²) in [5.41, 5.74) is 2.74. The van der Waals surface area contributed by atoms with Gasteiger partial charge in [-0.05, 0) is 30.3 Å². The molecule has 112 valence electrons. The summed E-state index contributed by atoms with van der Waals surface area (Å²) in [5.74, 6) is -0.488. The molecule has 0 aliphatic carbocycles. The molecular weight excluding hydrogens is 326 g/mol. The molecular formula is C16H11Cl2FN2O. The van der Waals surface area contributed by atoms with Crippen LogP contribution in [0, 0.1) is 5.82 Å². The van der Waals surface area contributed by atoms with Crippen molar-refractivity contribution in [2.45, 2.75) is 6.61 Å². The molecule has 6 heteroatoms. The van der Waals surface area contributed by atoms with E-state index in [2.05, 4.69) is 5.10 Å². The third kappa shape index (κ3) is 2.86. The molecule has 0 amide bonds. The van der Waals surface area contributed by atoms with Crippen LogP contribution >= 0.6 is 23.2 Å². The van der Waals surface area contributed by atoms with Crippen molar-refractivity contribution < 1.29 is 9.50 Å². The van der Waals surface area contributed by atoms with Gasteiger partial charge in [-0.25, -0.2) is 9.07 Å². The quantitative estimate of drug-likeness (QED) is 0.765. The first-order valence-corrected chi connectivity index (χ1v) is 7.25. The van der Waals surface area contributed by atoms with E-state index in [0.717, 1.165) is 5.56 Å². The van der Waals surface area contributed by atoms with Crippen molar-refractivity contribution in [3.8, 4) is 16.9 Å². The Bertz CT molecular complexity index is 816. The van der Waals surface area contributed by atoms with Gasteiger partial charge in [0.05, 0.1) is 23.0 Å². The number of hydrogen-bond acceptors (Lipinski definition) is 2. The first-order chi connectivity index (χ1) is 10.6. The number of aliphatic hydroxyl groups excluding tert-OH is 1. The zero-order valence-corrected chi connectivity index (χ0v) is 12.8. The van der Waals surface area contributed by atoms with E-state index < -0.39 is 5.82 Å². The van der Waals surface area contributed by atoms with Crippen LogP contribution in [0.3, 0.4) is 0 Å². The number of benzene rings is 2. The highest BCUT2D eigenvalue weighted by Crippen LogP contribution is 2.26. The van der Waals surface area contributed by atoms with Crippen molar-refractivity contribution in [3.63, 3.8) is 0 Å².